The van der Waals surface area contributed by atoms with Gasteiger partial charge in [0.25, 0.3) is 0 Å². The van der Waals surface area contributed by atoms with Crippen LogP contribution in [0.1, 0.15) is 15.9 Å². The monoisotopic (exact) mass is 357 g/mol. The summed E-state index contributed by atoms with van der Waals surface area (Å²) in [6.45, 7) is 0. The Balaban J connectivity index is 2.42. The molecule has 118 valence electrons. The van der Waals surface area contributed by atoms with Crippen LogP contribution in [0.5, 0.6) is 0 Å². The molecule has 0 saturated heterocycles. The Hall–Kier alpha value is -2.40. The molecule has 1 amide bonds. The summed E-state index contributed by atoms with van der Waals surface area (Å²) in [6, 6.07) is 2.44. The Bertz CT molecular complexity index is 846. The van der Waals surface area contributed by atoms with Gasteiger partial charge in [0.15, 0.2) is 0 Å². The molecule has 1 aromatic carbocycles. The lowest BCUT2D eigenvalue weighted by Gasteiger charge is -2.17. The SMILES string of the molecule is NC(=O)c1ccc(-c2cnns2)c(C(F)(F)F)c1-c1cnns1. The van der Waals surface area contributed by atoms with Crippen molar-refractivity contribution in [3.05, 3.63) is 35.7 Å². The number of hydrogen-bond donors (Lipinski definition) is 1. The van der Waals surface area contributed by atoms with E-state index < -0.39 is 17.6 Å². The molecule has 0 aliphatic heterocycles. The van der Waals surface area contributed by atoms with Gasteiger partial charge in [-0.2, -0.15) is 13.2 Å². The third-order valence-electron chi connectivity index (χ3n) is 2.99. The van der Waals surface area contributed by atoms with Gasteiger partial charge in [0.1, 0.15) is 0 Å². The van der Waals surface area contributed by atoms with Crippen molar-refractivity contribution < 1.29 is 18.0 Å². The van der Waals surface area contributed by atoms with Crippen LogP contribution < -0.4 is 5.73 Å². The number of nitrogens with two attached hydrogens (primary N) is 1. The number of rotatable bonds is 3. The van der Waals surface area contributed by atoms with Crippen LogP contribution in [-0.2, 0) is 6.18 Å². The number of alkyl halides is 3. The maximum Gasteiger partial charge on any atom is 0.417 e. The summed E-state index contributed by atoms with van der Waals surface area (Å²) in [4.78, 5) is 11.9. The first kappa shape index (κ1) is 15.5. The summed E-state index contributed by atoms with van der Waals surface area (Å²) in [5.74, 6) is -0.965. The third-order valence-corrected chi connectivity index (χ3v) is 4.37. The molecule has 23 heavy (non-hydrogen) atoms. The molecular weight excluding hydrogens is 351 g/mol. The second-order valence-corrected chi connectivity index (χ2v) is 5.91. The smallest absolute Gasteiger partial charge is 0.366 e. The average Bonchev–Trinajstić information content (AvgIpc) is 3.18. The Morgan fingerprint density at radius 1 is 1.04 bits per heavy atom. The number of carbonyl (C=O) groups is 1. The Kier molecular flexibility index (Phi) is 3.82. The number of nitrogens with zero attached hydrogens (tertiary/aromatic N) is 4. The van der Waals surface area contributed by atoms with E-state index in [9.17, 15) is 18.0 Å². The molecule has 0 atom stereocenters. The molecule has 6 nitrogen and oxygen atoms in total. The van der Waals surface area contributed by atoms with E-state index in [1.54, 1.807) is 0 Å². The minimum Gasteiger partial charge on any atom is -0.366 e. The van der Waals surface area contributed by atoms with Crippen LogP contribution in [0.2, 0.25) is 0 Å². The third kappa shape index (κ3) is 2.80. The quantitative estimate of drug-likeness (QED) is 0.778. The number of aromatic nitrogens is 4. The maximum absolute atomic E-state index is 13.7. The average molecular weight is 357 g/mol. The maximum atomic E-state index is 13.7. The highest BCUT2D eigenvalue weighted by molar-refractivity contribution is 7.09. The van der Waals surface area contributed by atoms with E-state index in [2.05, 4.69) is 19.2 Å². The van der Waals surface area contributed by atoms with Gasteiger partial charge in [-0.3, -0.25) is 4.79 Å². The number of carbonyl (C=O) groups excluding carboxylic acids is 1. The molecule has 0 aliphatic rings. The molecule has 2 heterocycles. The number of primary amides is 1. The molecule has 3 aromatic rings. The number of hydrogen-bond acceptors (Lipinski definition) is 7. The van der Waals surface area contributed by atoms with Gasteiger partial charge in [-0.05, 0) is 29.1 Å². The molecule has 0 fully saturated rings. The molecule has 0 radical (unpaired) electrons. The molecule has 0 saturated carbocycles. The summed E-state index contributed by atoms with van der Waals surface area (Å²) in [6.07, 6.45) is -2.33. The van der Waals surface area contributed by atoms with Gasteiger partial charge in [-0.1, -0.05) is 15.0 Å². The largest absolute Gasteiger partial charge is 0.417 e. The predicted molar refractivity (Wildman–Crippen MR) is 77.8 cm³/mol. The van der Waals surface area contributed by atoms with Crippen LogP contribution in [-0.4, -0.2) is 25.1 Å². The second-order valence-electron chi connectivity index (χ2n) is 4.34. The van der Waals surface area contributed by atoms with E-state index in [0.717, 1.165) is 29.3 Å². The Morgan fingerprint density at radius 3 is 2.13 bits per heavy atom. The van der Waals surface area contributed by atoms with Gasteiger partial charge >= 0.3 is 6.18 Å². The van der Waals surface area contributed by atoms with Crippen molar-refractivity contribution >= 4 is 29.0 Å². The van der Waals surface area contributed by atoms with E-state index in [-0.39, 0.29) is 26.4 Å². The highest BCUT2D eigenvalue weighted by Crippen LogP contribution is 2.45. The first-order valence-corrected chi connectivity index (χ1v) is 7.53. The molecule has 0 aliphatic carbocycles. The molecule has 0 bridgehead atoms. The lowest BCUT2D eigenvalue weighted by Crippen LogP contribution is -2.17. The van der Waals surface area contributed by atoms with Crippen LogP contribution in [0.3, 0.4) is 0 Å². The van der Waals surface area contributed by atoms with E-state index in [1.165, 1.54) is 18.3 Å². The summed E-state index contributed by atoms with van der Waals surface area (Å²) < 4.78 is 48.3. The minimum atomic E-state index is -4.72. The van der Waals surface area contributed by atoms with Gasteiger partial charge in [0.05, 0.1) is 27.7 Å². The van der Waals surface area contributed by atoms with Crippen molar-refractivity contribution in [2.75, 3.05) is 0 Å². The Labute approximate surface area is 135 Å². The number of amides is 1. The van der Waals surface area contributed by atoms with Crippen LogP contribution in [0.25, 0.3) is 20.9 Å². The standard InChI is InChI=1S/C12H6F3N5OS2/c13-12(14,15)10-5(7-3-17-19-22-7)1-2-6(11(16)21)9(10)8-4-18-20-23-8/h1-4H,(H2,16,21). The van der Waals surface area contributed by atoms with Crippen molar-refractivity contribution in [1.82, 2.24) is 19.2 Å². The summed E-state index contributed by atoms with van der Waals surface area (Å²) >= 11 is 1.57. The van der Waals surface area contributed by atoms with E-state index >= 15 is 0 Å². The van der Waals surface area contributed by atoms with Gasteiger partial charge in [-0.15, -0.1) is 10.2 Å². The normalized spacial score (nSPS) is 11.6. The molecular formula is C12H6F3N5OS2. The lowest BCUT2D eigenvalue weighted by atomic mass is 9.93. The van der Waals surface area contributed by atoms with E-state index in [1.807, 2.05) is 0 Å². The van der Waals surface area contributed by atoms with Crippen LogP contribution in [0.4, 0.5) is 13.2 Å². The second kappa shape index (κ2) is 5.66. The van der Waals surface area contributed by atoms with Crippen LogP contribution in [0, 0.1) is 0 Å². The highest BCUT2D eigenvalue weighted by atomic mass is 32.1. The molecule has 3 rings (SSSR count). The molecule has 11 heteroatoms. The van der Waals surface area contributed by atoms with Crippen molar-refractivity contribution in [2.24, 2.45) is 5.73 Å². The fourth-order valence-corrected chi connectivity index (χ4v) is 3.25. The van der Waals surface area contributed by atoms with Crippen LogP contribution >= 0.6 is 23.1 Å². The summed E-state index contributed by atoms with van der Waals surface area (Å²) in [7, 11) is 0. The minimum absolute atomic E-state index is 0.102. The number of benzene rings is 1. The zero-order valence-corrected chi connectivity index (χ0v) is 12.7. The Morgan fingerprint density at radius 2 is 1.65 bits per heavy atom. The number of halogens is 3. The zero-order valence-electron chi connectivity index (χ0n) is 11.0. The first-order valence-electron chi connectivity index (χ1n) is 5.99. The molecule has 0 spiro atoms. The first-order chi connectivity index (χ1) is 10.9. The van der Waals surface area contributed by atoms with Gasteiger partial charge in [-0.25, -0.2) is 0 Å². The fraction of sp³-hybridized carbons (Fsp3) is 0.0833. The summed E-state index contributed by atoms with van der Waals surface area (Å²) in [5, 5.41) is 7.10. The van der Waals surface area contributed by atoms with Crippen LogP contribution in [0.15, 0.2) is 24.5 Å². The highest BCUT2D eigenvalue weighted by Gasteiger charge is 2.39. The van der Waals surface area contributed by atoms with Crippen molar-refractivity contribution in [1.29, 1.82) is 0 Å². The van der Waals surface area contributed by atoms with Gasteiger partial charge in [0, 0.05) is 16.7 Å². The zero-order chi connectivity index (χ0) is 16.6. The van der Waals surface area contributed by atoms with Crippen molar-refractivity contribution in [2.45, 2.75) is 6.18 Å². The topological polar surface area (TPSA) is 94.7 Å². The van der Waals surface area contributed by atoms with Gasteiger partial charge < -0.3 is 5.73 Å². The summed E-state index contributed by atoms with van der Waals surface area (Å²) in [5.41, 5.74) is 3.56. The van der Waals surface area contributed by atoms with E-state index in [0.29, 0.717) is 0 Å². The fourth-order valence-electron chi connectivity index (χ4n) is 2.13. The molecule has 2 aromatic heterocycles. The van der Waals surface area contributed by atoms with E-state index in [4.69, 9.17) is 5.73 Å². The van der Waals surface area contributed by atoms with Crippen molar-refractivity contribution in [3.63, 3.8) is 0 Å². The van der Waals surface area contributed by atoms with Crippen molar-refractivity contribution in [3.8, 4) is 20.9 Å². The molecule has 0 unspecified atom stereocenters. The molecule has 2 N–H and O–H groups in total. The lowest BCUT2D eigenvalue weighted by molar-refractivity contribution is -0.136. The predicted octanol–water partition coefficient (Wildman–Crippen LogP) is 2.84. The van der Waals surface area contributed by atoms with Gasteiger partial charge in [0.2, 0.25) is 5.91 Å².